The van der Waals surface area contributed by atoms with Crippen molar-refractivity contribution in [1.29, 1.82) is 0 Å². The fourth-order valence-corrected chi connectivity index (χ4v) is 2.82. The predicted octanol–water partition coefficient (Wildman–Crippen LogP) is 0.479. The van der Waals surface area contributed by atoms with Crippen molar-refractivity contribution >= 4 is 39.5 Å². The average Bonchev–Trinajstić information content (AvgIpc) is 2.50. The van der Waals surface area contributed by atoms with Gasteiger partial charge in [0.15, 0.2) is 16.6 Å². The Kier molecular flexibility index (Phi) is 3.71. The van der Waals surface area contributed by atoms with Crippen LogP contribution in [0, 0.1) is 0 Å². The Morgan fingerprint density at radius 2 is 1.52 bits per heavy atom. The van der Waals surface area contributed by atoms with Gasteiger partial charge in [-0.1, -0.05) is 0 Å². The molecule has 0 atom stereocenters. The number of aliphatic hydroxyl groups excluding tert-OH is 3. The van der Waals surface area contributed by atoms with E-state index >= 15 is 0 Å². The molecule has 0 fully saturated rings. The SMILES string of the molecule is CC(O)=c1c(=O)c(=C(C)O)c2oc3cc(=O)ccc3nc2c1=C(C)O. The van der Waals surface area contributed by atoms with Crippen molar-refractivity contribution in [3.63, 3.8) is 0 Å². The van der Waals surface area contributed by atoms with Crippen molar-refractivity contribution < 1.29 is 19.7 Å². The van der Waals surface area contributed by atoms with Gasteiger partial charge in [-0.25, -0.2) is 4.98 Å². The Hall–Kier alpha value is -3.35. The Labute approximate surface area is 140 Å². The van der Waals surface area contributed by atoms with E-state index in [1.807, 2.05) is 0 Å². The highest BCUT2D eigenvalue weighted by molar-refractivity contribution is 5.85. The summed E-state index contributed by atoms with van der Waals surface area (Å²) in [5.74, 6) is -0.896. The quantitative estimate of drug-likeness (QED) is 0.509. The van der Waals surface area contributed by atoms with Crippen molar-refractivity contribution in [2.75, 3.05) is 0 Å². The summed E-state index contributed by atoms with van der Waals surface area (Å²) in [4.78, 5) is 28.7. The van der Waals surface area contributed by atoms with Crippen LogP contribution >= 0.6 is 0 Å². The van der Waals surface area contributed by atoms with E-state index in [0.29, 0.717) is 5.52 Å². The summed E-state index contributed by atoms with van der Waals surface area (Å²) in [6.45, 7) is 3.95. The molecule has 1 aromatic heterocycles. The number of aliphatic hydroxyl groups is 3. The van der Waals surface area contributed by atoms with Gasteiger partial charge < -0.3 is 19.7 Å². The summed E-state index contributed by atoms with van der Waals surface area (Å²) in [6, 6.07) is 3.98. The number of aromatic nitrogens is 1. The lowest BCUT2D eigenvalue weighted by Crippen LogP contribution is -2.51. The predicted molar refractivity (Wildman–Crippen MR) is 93.7 cm³/mol. The van der Waals surface area contributed by atoms with E-state index in [4.69, 9.17) is 4.42 Å². The van der Waals surface area contributed by atoms with Gasteiger partial charge in [0.2, 0.25) is 5.43 Å². The maximum atomic E-state index is 12.8. The lowest BCUT2D eigenvalue weighted by molar-refractivity contribution is 0.488. The second kappa shape index (κ2) is 5.62. The molecule has 0 radical (unpaired) electrons. The summed E-state index contributed by atoms with van der Waals surface area (Å²) < 4.78 is 5.67. The second-order valence-corrected chi connectivity index (χ2v) is 5.73. The van der Waals surface area contributed by atoms with Gasteiger partial charge in [-0.3, -0.25) is 9.59 Å². The molecule has 0 bridgehead atoms. The molecule has 3 N–H and O–H groups in total. The average molecular weight is 341 g/mol. The number of nitrogens with zero attached hydrogens (tertiary/aromatic N) is 1. The van der Waals surface area contributed by atoms with E-state index in [1.54, 1.807) is 0 Å². The number of benzene rings is 2. The molecule has 0 aliphatic carbocycles. The van der Waals surface area contributed by atoms with Gasteiger partial charge in [-0.15, -0.1) is 0 Å². The molecule has 0 unspecified atom stereocenters. The summed E-state index contributed by atoms with van der Waals surface area (Å²) in [7, 11) is 0. The van der Waals surface area contributed by atoms with Crippen LogP contribution in [0.3, 0.4) is 0 Å². The third-order valence-corrected chi connectivity index (χ3v) is 3.84. The Balaban J connectivity index is 2.92. The van der Waals surface area contributed by atoms with Crippen LogP contribution in [0.1, 0.15) is 20.8 Å². The highest BCUT2D eigenvalue weighted by Crippen LogP contribution is 2.13. The molecule has 0 spiro atoms. The minimum Gasteiger partial charge on any atom is -0.512 e. The third kappa shape index (κ3) is 2.50. The first-order valence-electron chi connectivity index (χ1n) is 7.42. The highest BCUT2D eigenvalue weighted by Gasteiger charge is 2.15. The first-order chi connectivity index (χ1) is 11.7. The molecule has 25 heavy (non-hydrogen) atoms. The van der Waals surface area contributed by atoms with Gasteiger partial charge in [-0.05, 0) is 32.9 Å². The third-order valence-electron chi connectivity index (χ3n) is 3.84. The van der Waals surface area contributed by atoms with Crippen LogP contribution in [0.15, 0.2) is 32.2 Å². The molecule has 0 aliphatic heterocycles. The van der Waals surface area contributed by atoms with Crippen LogP contribution in [0.4, 0.5) is 0 Å². The van der Waals surface area contributed by atoms with Crippen LogP contribution < -0.4 is 26.5 Å². The summed E-state index contributed by atoms with van der Waals surface area (Å²) >= 11 is 0. The number of hydrogen-bond acceptors (Lipinski definition) is 7. The van der Waals surface area contributed by atoms with Gasteiger partial charge in [0, 0.05) is 6.07 Å². The molecule has 0 amide bonds. The van der Waals surface area contributed by atoms with Gasteiger partial charge in [0.25, 0.3) is 0 Å². The zero-order chi connectivity index (χ0) is 18.5. The molecule has 2 aromatic carbocycles. The van der Waals surface area contributed by atoms with Crippen molar-refractivity contribution in [3.05, 3.63) is 54.3 Å². The molecule has 3 rings (SSSR count). The normalized spacial score (nSPS) is 15.3. The number of hydrogen-bond donors (Lipinski definition) is 3. The summed E-state index contributed by atoms with van der Waals surface area (Å²) in [5.41, 5.74) is -0.516. The minimum atomic E-state index is -0.709. The zero-order valence-electron chi connectivity index (χ0n) is 13.7. The fraction of sp³-hybridized carbons (Fsp3) is 0.167. The maximum absolute atomic E-state index is 12.8. The van der Waals surface area contributed by atoms with Gasteiger partial charge >= 0.3 is 0 Å². The lowest BCUT2D eigenvalue weighted by atomic mass is 10.1. The first-order valence-corrected chi connectivity index (χ1v) is 7.42. The summed E-state index contributed by atoms with van der Waals surface area (Å²) in [5, 5.41) is 29.7. The fourth-order valence-electron chi connectivity index (χ4n) is 2.82. The monoisotopic (exact) mass is 341 g/mol. The molecule has 1 heterocycles. The molecular formula is C18H15NO6. The molecule has 3 aromatic rings. The first kappa shape index (κ1) is 16.5. The van der Waals surface area contributed by atoms with Crippen LogP contribution in [0.5, 0.6) is 0 Å². The standard InChI is InChI=1S/C18H15NO6/c1-7(20)13-14(8(2)21)17(24)15(9(3)22)18-16(13)19-11-5-4-10(23)6-12(11)25-18/h4-6,20-22H,1-3H3. The smallest absolute Gasteiger partial charge is 0.204 e. The molecule has 0 aliphatic rings. The van der Waals surface area contributed by atoms with Crippen LogP contribution in [-0.4, -0.2) is 20.3 Å². The summed E-state index contributed by atoms with van der Waals surface area (Å²) in [6.07, 6.45) is 0. The maximum Gasteiger partial charge on any atom is 0.204 e. The lowest BCUT2D eigenvalue weighted by Gasteiger charge is -2.05. The second-order valence-electron chi connectivity index (χ2n) is 5.73. The van der Waals surface area contributed by atoms with Crippen LogP contribution in [-0.2, 0) is 0 Å². The van der Waals surface area contributed by atoms with Crippen molar-refractivity contribution in [3.8, 4) is 0 Å². The molecule has 128 valence electrons. The molecule has 7 heteroatoms. The van der Waals surface area contributed by atoms with Crippen molar-refractivity contribution in [2.45, 2.75) is 20.8 Å². The molecular weight excluding hydrogens is 326 g/mol. The van der Waals surface area contributed by atoms with E-state index in [9.17, 15) is 24.9 Å². The van der Waals surface area contributed by atoms with E-state index in [-0.39, 0.29) is 55.0 Å². The van der Waals surface area contributed by atoms with E-state index in [1.165, 1.54) is 39.0 Å². The van der Waals surface area contributed by atoms with Crippen molar-refractivity contribution in [2.24, 2.45) is 0 Å². The van der Waals surface area contributed by atoms with Gasteiger partial charge in [0.1, 0.15) is 27.8 Å². The largest absolute Gasteiger partial charge is 0.512 e. The zero-order valence-corrected chi connectivity index (χ0v) is 13.7. The minimum absolute atomic E-state index is 0.0156. The van der Waals surface area contributed by atoms with Crippen LogP contribution in [0.2, 0.25) is 0 Å². The molecule has 0 saturated heterocycles. The van der Waals surface area contributed by atoms with E-state index < -0.39 is 5.43 Å². The Morgan fingerprint density at radius 3 is 2.08 bits per heavy atom. The number of fused-ring (bicyclic) bond motifs is 2. The van der Waals surface area contributed by atoms with Crippen molar-refractivity contribution in [1.82, 2.24) is 4.98 Å². The van der Waals surface area contributed by atoms with E-state index in [0.717, 1.165) is 0 Å². The van der Waals surface area contributed by atoms with Crippen LogP contribution in [0.25, 0.3) is 39.5 Å². The van der Waals surface area contributed by atoms with Gasteiger partial charge in [-0.2, -0.15) is 0 Å². The van der Waals surface area contributed by atoms with E-state index in [2.05, 4.69) is 4.98 Å². The van der Waals surface area contributed by atoms with Gasteiger partial charge in [0.05, 0.1) is 16.2 Å². The Morgan fingerprint density at radius 1 is 0.920 bits per heavy atom. The molecule has 0 saturated carbocycles. The highest BCUT2D eigenvalue weighted by atomic mass is 16.3. The number of rotatable bonds is 0. The Bertz CT molecular complexity index is 1320. The topological polar surface area (TPSA) is 121 Å². The molecule has 7 nitrogen and oxygen atoms in total.